The summed E-state index contributed by atoms with van der Waals surface area (Å²) >= 11 is 0. The summed E-state index contributed by atoms with van der Waals surface area (Å²) in [6, 6.07) is 4.13. The number of fused-ring (bicyclic) bond motifs is 1. The van der Waals surface area contributed by atoms with Crippen molar-refractivity contribution < 1.29 is 26.9 Å². The maximum Gasteiger partial charge on any atom is 0.259 e. The monoisotopic (exact) mass is 432 g/mol. The zero-order valence-electron chi connectivity index (χ0n) is 16.4. The molecular formula is C19H20N4O6S. The molecule has 0 saturated carbocycles. The topological polar surface area (TPSA) is 136 Å². The number of aryl methyl sites for hydroxylation is 1. The molecule has 3 aromatic heterocycles. The van der Waals surface area contributed by atoms with Gasteiger partial charge in [0.1, 0.15) is 11.7 Å². The van der Waals surface area contributed by atoms with E-state index >= 15 is 0 Å². The van der Waals surface area contributed by atoms with Crippen molar-refractivity contribution in [3.8, 4) is 11.5 Å². The number of rotatable bonds is 4. The summed E-state index contributed by atoms with van der Waals surface area (Å²) in [4.78, 5) is 31.5. The van der Waals surface area contributed by atoms with Crippen molar-refractivity contribution in [1.82, 2.24) is 20.4 Å². The molecule has 0 aliphatic carbocycles. The van der Waals surface area contributed by atoms with Crippen LogP contribution in [0.25, 0.3) is 22.6 Å². The minimum atomic E-state index is -3.10. The largest absolute Gasteiger partial charge is 0.463 e. The molecule has 1 fully saturated rings. The van der Waals surface area contributed by atoms with Crippen molar-refractivity contribution in [2.24, 2.45) is 0 Å². The van der Waals surface area contributed by atoms with Gasteiger partial charge in [-0.05, 0) is 32.0 Å². The second kappa shape index (κ2) is 7.56. The molecule has 4 heterocycles. The van der Waals surface area contributed by atoms with E-state index in [0.29, 0.717) is 22.5 Å². The summed E-state index contributed by atoms with van der Waals surface area (Å²) in [5.74, 6) is -0.518. The van der Waals surface area contributed by atoms with Crippen LogP contribution in [0.5, 0.6) is 0 Å². The predicted octanol–water partition coefficient (Wildman–Crippen LogP) is 1.17. The van der Waals surface area contributed by atoms with Crippen LogP contribution in [-0.4, -0.2) is 65.9 Å². The molecule has 2 amide bonds. The standard InChI is InChI=1S/C19H20N4O6S/c1-11-16-13(10-14(15-4-3-7-28-15)21-18(16)29-22-11)17(24)20-12(2)19(25)23-5-8-30(26,27)9-6-23/h3-4,7,10,12H,5-6,8-9H2,1-2H3,(H,20,24). The molecule has 10 nitrogen and oxygen atoms in total. The smallest absolute Gasteiger partial charge is 0.259 e. The molecule has 0 spiro atoms. The molecule has 3 aromatic rings. The van der Waals surface area contributed by atoms with Crippen LogP contribution >= 0.6 is 0 Å². The van der Waals surface area contributed by atoms with E-state index in [4.69, 9.17) is 8.94 Å². The molecule has 1 aliphatic rings. The van der Waals surface area contributed by atoms with E-state index in [1.165, 1.54) is 11.2 Å². The molecule has 0 bridgehead atoms. The van der Waals surface area contributed by atoms with E-state index in [2.05, 4.69) is 15.5 Å². The molecule has 0 radical (unpaired) electrons. The highest BCUT2D eigenvalue weighted by molar-refractivity contribution is 7.91. The third-order valence-electron chi connectivity index (χ3n) is 5.01. The first kappa shape index (κ1) is 20.1. The Morgan fingerprint density at radius 2 is 2.00 bits per heavy atom. The van der Waals surface area contributed by atoms with Crippen molar-refractivity contribution in [3.63, 3.8) is 0 Å². The SMILES string of the molecule is Cc1noc2nc(-c3ccco3)cc(C(=O)NC(C)C(=O)N3CCS(=O)(=O)CC3)c12. The van der Waals surface area contributed by atoms with Gasteiger partial charge in [-0.25, -0.2) is 13.4 Å². The van der Waals surface area contributed by atoms with E-state index < -0.39 is 21.8 Å². The molecular weight excluding hydrogens is 412 g/mol. The Bertz CT molecular complexity index is 1200. The summed E-state index contributed by atoms with van der Waals surface area (Å²) in [5, 5.41) is 7.02. The fraction of sp³-hybridized carbons (Fsp3) is 0.368. The first-order valence-corrected chi connectivity index (χ1v) is 11.2. The highest BCUT2D eigenvalue weighted by Crippen LogP contribution is 2.27. The van der Waals surface area contributed by atoms with Gasteiger partial charge in [-0.1, -0.05) is 5.16 Å². The molecule has 1 unspecified atom stereocenters. The summed E-state index contributed by atoms with van der Waals surface area (Å²) in [6.07, 6.45) is 1.49. The number of furan rings is 1. The molecule has 1 atom stereocenters. The predicted molar refractivity (Wildman–Crippen MR) is 106 cm³/mol. The minimum absolute atomic E-state index is 0.0726. The number of hydrogen-bond acceptors (Lipinski definition) is 8. The van der Waals surface area contributed by atoms with Gasteiger partial charge >= 0.3 is 0 Å². The maximum atomic E-state index is 13.0. The molecule has 0 aromatic carbocycles. The highest BCUT2D eigenvalue weighted by atomic mass is 32.2. The summed E-state index contributed by atoms with van der Waals surface area (Å²) in [5.41, 5.74) is 1.33. The number of amides is 2. The molecule has 1 aliphatic heterocycles. The van der Waals surface area contributed by atoms with Crippen LogP contribution in [-0.2, 0) is 14.6 Å². The number of hydrogen-bond donors (Lipinski definition) is 1. The summed E-state index contributed by atoms with van der Waals surface area (Å²) in [7, 11) is -3.10. The van der Waals surface area contributed by atoms with Crippen LogP contribution in [0.15, 0.2) is 33.4 Å². The van der Waals surface area contributed by atoms with E-state index in [-0.39, 0.29) is 41.8 Å². The average molecular weight is 432 g/mol. The Hall–Kier alpha value is -3.21. The van der Waals surface area contributed by atoms with Crippen LogP contribution < -0.4 is 5.32 Å². The van der Waals surface area contributed by atoms with E-state index in [9.17, 15) is 18.0 Å². The van der Waals surface area contributed by atoms with Crippen molar-refractivity contribution in [2.45, 2.75) is 19.9 Å². The van der Waals surface area contributed by atoms with Crippen LogP contribution in [0.4, 0.5) is 0 Å². The molecule has 30 heavy (non-hydrogen) atoms. The number of sulfone groups is 1. The van der Waals surface area contributed by atoms with E-state index in [1.54, 1.807) is 32.0 Å². The number of aromatic nitrogens is 2. The van der Waals surface area contributed by atoms with Crippen molar-refractivity contribution in [2.75, 3.05) is 24.6 Å². The quantitative estimate of drug-likeness (QED) is 0.649. The van der Waals surface area contributed by atoms with Gasteiger partial charge in [0.2, 0.25) is 5.91 Å². The molecule has 158 valence electrons. The fourth-order valence-corrected chi connectivity index (χ4v) is 4.57. The number of nitrogens with one attached hydrogen (secondary N) is 1. The van der Waals surface area contributed by atoms with Gasteiger partial charge in [-0.15, -0.1) is 0 Å². The third-order valence-corrected chi connectivity index (χ3v) is 6.62. The number of nitrogens with zero attached hydrogens (tertiary/aromatic N) is 3. The van der Waals surface area contributed by atoms with Crippen molar-refractivity contribution >= 4 is 32.8 Å². The molecule has 4 rings (SSSR count). The summed E-state index contributed by atoms with van der Waals surface area (Å²) in [6.45, 7) is 3.50. The third kappa shape index (κ3) is 3.80. The lowest BCUT2D eigenvalue weighted by Gasteiger charge is -2.29. The molecule has 1 saturated heterocycles. The van der Waals surface area contributed by atoms with Gasteiger partial charge in [-0.2, -0.15) is 0 Å². The Kier molecular flexibility index (Phi) is 5.06. The number of pyridine rings is 1. The van der Waals surface area contributed by atoms with Crippen LogP contribution in [0.1, 0.15) is 23.0 Å². The zero-order chi connectivity index (χ0) is 21.5. The Balaban J connectivity index is 1.58. The maximum absolute atomic E-state index is 13.0. The zero-order valence-corrected chi connectivity index (χ0v) is 17.2. The van der Waals surface area contributed by atoms with Gasteiger partial charge < -0.3 is 19.2 Å². The first-order valence-electron chi connectivity index (χ1n) is 9.36. The van der Waals surface area contributed by atoms with Crippen molar-refractivity contribution in [3.05, 3.63) is 35.7 Å². The average Bonchev–Trinajstić information content (AvgIpc) is 3.37. The molecule has 11 heteroatoms. The van der Waals surface area contributed by atoms with Gasteiger partial charge in [-0.3, -0.25) is 9.59 Å². The lowest BCUT2D eigenvalue weighted by molar-refractivity contribution is -0.132. The molecule has 1 N–H and O–H groups in total. The van der Waals surface area contributed by atoms with Crippen LogP contribution in [0, 0.1) is 6.92 Å². The van der Waals surface area contributed by atoms with E-state index in [1.807, 2.05) is 0 Å². The summed E-state index contributed by atoms with van der Waals surface area (Å²) < 4.78 is 33.7. The number of carbonyl (C=O) groups excluding carboxylic acids is 2. The van der Waals surface area contributed by atoms with Crippen LogP contribution in [0.2, 0.25) is 0 Å². The normalized spacial score (nSPS) is 17.1. The first-order chi connectivity index (χ1) is 14.2. The van der Waals surface area contributed by atoms with Gasteiger partial charge in [0, 0.05) is 13.1 Å². The lowest BCUT2D eigenvalue weighted by Crippen LogP contribution is -2.51. The Labute approximate surface area is 172 Å². The Morgan fingerprint density at radius 3 is 2.67 bits per heavy atom. The van der Waals surface area contributed by atoms with Crippen LogP contribution in [0.3, 0.4) is 0 Å². The number of carbonyl (C=O) groups is 2. The Morgan fingerprint density at radius 1 is 1.27 bits per heavy atom. The fourth-order valence-electron chi connectivity index (χ4n) is 3.37. The highest BCUT2D eigenvalue weighted by Gasteiger charge is 2.29. The van der Waals surface area contributed by atoms with Crippen molar-refractivity contribution in [1.29, 1.82) is 0 Å². The van der Waals surface area contributed by atoms with Gasteiger partial charge in [0.25, 0.3) is 11.6 Å². The minimum Gasteiger partial charge on any atom is -0.463 e. The second-order valence-corrected chi connectivity index (χ2v) is 9.46. The second-order valence-electron chi connectivity index (χ2n) is 7.15. The lowest BCUT2D eigenvalue weighted by atomic mass is 10.1. The van der Waals surface area contributed by atoms with Gasteiger partial charge in [0.15, 0.2) is 15.6 Å². The van der Waals surface area contributed by atoms with E-state index in [0.717, 1.165) is 0 Å². The van der Waals surface area contributed by atoms with Gasteiger partial charge in [0.05, 0.1) is 34.4 Å².